The first kappa shape index (κ1) is 16.4. The standard InChI is InChI=1S/C15H23FN2O2/c1-10(2)7-18-8-12-4-5-14(13(16)6-12)20-9-11(3)15(17)19/h4-6,10-11,18H,7-9H2,1-3H3,(H2,17,19). The van der Waals surface area contributed by atoms with Crippen LogP contribution in [0, 0.1) is 17.7 Å². The van der Waals surface area contributed by atoms with Crippen LogP contribution in [0.2, 0.25) is 0 Å². The molecule has 0 bridgehead atoms. The summed E-state index contributed by atoms with van der Waals surface area (Å²) in [6.07, 6.45) is 0. The summed E-state index contributed by atoms with van der Waals surface area (Å²) in [6.45, 7) is 7.46. The van der Waals surface area contributed by atoms with Crippen LogP contribution in [0.4, 0.5) is 4.39 Å². The molecule has 0 radical (unpaired) electrons. The van der Waals surface area contributed by atoms with Crippen molar-refractivity contribution in [3.05, 3.63) is 29.6 Å². The van der Waals surface area contributed by atoms with E-state index in [1.807, 2.05) is 0 Å². The Labute approximate surface area is 119 Å². The number of hydrogen-bond donors (Lipinski definition) is 2. The Bertz CT molecular complexity index is 449. The van der Waals surface area contributed by atoms with Crippen LogP contribution in [0.5, 0.6) is 5.75 Å². The summed E-state index contributed by atoms with van der Waals surface area (Å²) >= 11 is 0. The maximum Gasteiger partial charge on any atom is 0.223 e. The van der Waals surface area contributed by atoms with Crippen molar-refractivity contribution in [1.29, 1.82) is 0 Å². The van der Waals surface area contributed by atoms with E-state index in [1.54, 1.807) is 19.1 Å². The van der Waals surface area contributed by atoms with E-state index in [-0.39, 0.29) is 12.4 Å². The number of amides is 1. The first-order valence-corrected chi connectivity index (χ1v) is 6.81. The van der Waals surface area contributed by atoms with Crippen molar-refractivity contribution in [2.75, 3.05) is 13.2 Å². The van der Waals surface area contributed by atoms with E-state index in [4.69, 9.17) is 10.5 Å². The minimum atomic E-state index is -0.458. The maximum absolute atomic E-state index is 13.8. The molecule has 0 aliphatic carbocycles. The Kier molecular flexibility index (Phi) is 6.45. The highest BCUT2D eigenvalue weighted by Gasteiger charge is 2.11. The topological polar surface area (TPSA) is 64.3 Å². The Morgan fingerprint density at radius 2 is 2.10 bits per heavy atom. The summed E-state index contributed by atoms with van der Waals surface area (Å²) in [7, 11) is 0. The van der Waals surface area contributed by atoms with Gasteiger partial charge in [-0.15, -0.1) is 0 Å². The summed E-state index contributed by atoms with van der Waals surface area (Å²) in [5.74, 6) is -0.629. The molecule has 5 heteroatoms. The summed E-state index contributed by atoms with van der Waals surface area (Å²) in [5.41, 5.74) is 5.98. The van der Waals surface area contributed by atoms with E-state index in [1.165, 1.54) is 6.07 Å². The Hall–Kier alpha value is -1.62. The summed E-state index contributed by atoms with van der Waals surface area (Å²) in [5, 5.41) is 3.24. The van der Waals surface area contributed by atoms with E-state index in [0.717, 1.165) is 12.1 Å². The second kappa shape index (κ2) is 7.85. The maximum atomic E-state index is 13.8. The fourth-order valence-corrected chi connectivity index (χ4v) is 1.57. The normalized spacial score (nSPS) is 12.4. The molecule has 0 spiro atoms. The van der Waals surface area contributed by atoms with Crippen molar-refractivity contribution < 1.29 is 13.9 Å². The molecular formula is C15H23FN2O2. The predicted octanol–water partition coefficient (Wildman–Crippen LogP) is 2.07. The Morgan fingerprint density at radius 1 is 1.40 bits per heavy atom. The first-order chi connectivity index (χ1) is 9.40. The highest BCUT2D eigenvalue weighted by Crippen LogP contribution is 2.19. The predicted molar refractivity (Wildman–Crippen MR) is 76.8 cm³/mol. The molecule has 0 fully saturated rings. The van der Waals surface area contributed by atoms with Gasteiger partial charge in [0.2, 0.25) is 5.91 Å². The van der Waals surface area contributed by atoms with Crippen LogP contribution in [-0.4, -0.2) is 19.1 Å². The smallest absolute Gasteiger partial charge is 0.223 e. The lowest BCUT2D eigenvalue weighted by Crippen LogP contribution is -2.26. The van der Waals surface area contributed by atoms with Gasteiger partial charge in [0, 0.05) is 6.54 Å². The number of carbonyl (C=O) groups excluding carboxylic acids is 1. The molecule has 1 unspecified atom stereocenters. The zero-order valence-electron chi connectivity index (χ0n) is 12.3. The van der Waals surface area contributed by atoms with Gasteiger partial charge in [-0.3, -0.25) is 4.79 Å². The molecule has 1 aromatic carbocycles. The Morgan fingerprint density at radius 3 is 2.65 bits per heavy atom. The van der Waals surface area contributed by atoms with Crippen molar-refractivity contribution in [2.45, 2.75) is 27.3 Å². The second-order valence-electron chi connectivity index (χ2n) is 5.40. The van der Waals surface area contributed by atoms with Crippen molar-refractivity contribution in [2.24, 2.45) is 17.6 Å². The molecule has 0 aliphatic rings. The molecule has 0 saturated heterocycles. The summed E-state index contributed by atoms with van der Waals surface area (Å²) in [6, 6.07) is 4.83. The minimum Gasteiger partial charge on any atom is -0.490 e. The van der Waals surface area contributed by atoms with Crippen LogP contribution < -0.4 is 15.8 Å². The Balaban J connectivity index is 2.53. The second-order valence-corrected chi connectivity index (χ2v) is 5.40. The fourth-order valence-electron chi connectivity index (χ4n) is 1.57. The third kappa shape index (κ3) is 5.57. The number of primary amides is 1. The van der Waals surface area contributed by atoms with Gasteiger partial charge >= 0.3 is 0 Å². The largest absolute Gasteiger partial charge is 0.490 e. The van der Waals surface area contributed by atoms with Crippen molar-refractivity contribution in [1.82, 2.24) is 5.32 Å². The van der Waals surface area contributed by atoms with Gasteiger partial charge in [0.05, 0.1) is 12.5 Å². The lowest BCUT2D eigenvalue weighted by Gasteiger charge is -2.12. The number of rotatable bonds is 8. The van der Waals surface area contributed by atoms with Gasteiger partial charge < -0.3 is 15.8 Å². The first-order valence-electron chi connectivity index (χ1n) is 6.81. The highest BCUT2D eigenvalue weighted by atomic mass is 19.1. The lowest BCUT2D eigenvalue weighted by atomic mass is 10.1. The minimum absolute atomic E-state index is 0.0806. The number of nitrogens with two attached hydrogens (primary N) is 1. The molecular weight excluding hydrogens is 259 g/mol. The van der Waals surface area contributed by atoms with Crippen molar-refractivity contribution in [3.8, 4) is 5.75 Å². The van der Waals surface area contributed by atoms with Gasteiger partial charge in [0.15, 0.2) is 11.6 Å². The molecule has 1 rings (SSSR count). The van der Waals surface area contributed by atoms with Crippen LogP contribution in [0.15, 0.2) is 18.2 Å². The SMILES string of the molecule is CC(C)CNCc1ccc(OCC(C)C(N)=O)c(F)c1. The van der Waals surface area contributed by atoms with Crippen molar-refractivity contribution in [3.63, 3.8) is 0 Å². The molecule has 3 N–H and O–H groups in total. The third-order valence-corrected chi connectivity index (χ3v) is 2.85. The molecule has 1 atom stereocenters. The average Bonchev–Trinajstić information content (AvgIpc) is 2.36. The fraction of sp³-hybridized carbons (Fsp3) is 0.533. The van der Waals surface area contributed by atoms with Gasteiger partial charge in [-0.25, -0.2) is 4.39 Å². The van der Waals surface area contributed by atoms with Crippen LogP contribution in [-0.2, 0) is 11.3 Å². The van der Waals surface area contributed by atoms with Crippen molar-refractivity contribution >= 4 is 5.91 Å². The van der Waals surface area contributed by atoms with Gasteiger partial charge in [-0.2, -0.15) is 0 Å². The highest BCUT2D eigenvalue weighted by molar-refractivity contribution is 5.76. The monoisotopic (exact) mass is 282 g/mol. The number of nitrogens with one attached hydrogen (secondary N) is 1. The van der Waals surface area contributed by atoms with Gasteiger partial charge in [-0.05, 0) is 30.2 Å². The number of benzene rings is 1. The lowest BCUT2D eigenvalue weighted by molar-refractivity contribution is -0.122. The zero-order chi connectivity index (χ0) is 15.1. The van der Waals surface area contributed by atoms with Crippen LogP contribution in [0.3, 0.4) is 0 Å². The molecule has 0 aromatic heterocycles. The summed E-state index contributed by atoms with van der Waals surface area (Å²) < 4.78 is 19.1. The van der Waals surface area contributed by atoms with Gasteiger partial charge in [0.1, 0.15) is 0 Å². The van der Waals surface area contributed by atoms with Crippen LogP contribution in [0.25, 0.3) is 0 Å². The zero-order valence-corrected chi connectivity index (χ0v) is 12.3. The molecule has 0 saturated carbocycles. The molecule has 1 amide bonds. The van der Waals surface area contributed by atoms with Gasteiger partial charge in [-0.1, -0.05) is 26.8 Å². The molecule has 0 heterocycles. The van der Waals surface area contributed by atoms with Crippen LogP contribution >= 0.6 is 0 Å². The van der Waals surface area contributed by atoms with E-state index in [2.05, 4.69) is 19.2 Å². The van der Waals surface area contributed by atoms with E-state index >= 15 is 0 Å². The van der Waals surface area contributed by atoms with E-state index in [0.29, 0.717) is 12.5 Å². The number of carbonyl (C=O) groups is 1. The number of halogens is 1. The molecule has 1 aromatic rings. The molecule has 0 aliphatic heterocycles. The van der Waals surface area contributed by atoms with Crippen LogP contribution in [0.1, 0.15) is 26.3 Å². The third-order valence-electron chi connectivity index (χ3n) is 2.85. The molecule has 4 nitrogen and oxygen atoms in total. The molecule has 20 heavy (non-hydrogen) atoms. The van der Waals surface area contributed by atoms with Gasteiger partial charge in [0.25, 0.3) is 0 Å². The number of hydrogen-bond acceptors (Lipinski definition) is 3. The average molecular weight is 282 g/mol. The van der Waals surface area contributed by atoms with E-state index < -0.39 is 17.6 Å². The quantitative estimate of drug-likeness (QED) is 0.767. The number of ether oxygens (including phenoxy) is 1. The molecule has 112 valence electrons. The van der Waals surface area contributed by atoms with E-state index in [9.17, 15) is 9.18 Å². The summed E-state index contributed by atoms with van der Waals surface area (Å²) in [4.78, 5) is 10.9.